The number of hydrogen-bond acceptors (Lipinski definition) is 7. The van der Waals surface area contributed by atoms with Crippen LogP contribution >= 0.6 is 0 Å². The zero-order valence-electron chi connectivity index (χ0n) is 17.9. The van der Waals surface area contributed by atoms with E-state index in [0.717, 1.165) is 0 Å². The summed E-state index contributed by atoms with van der Waals surface area (Å²) in [5.41, 5.74) is 3.38. The van der Waals surface area contributed by atoms with Gasteiger partial charge in [0.15, 0.2) is 6.61 Å². The van der Waals surface area contributed by atoms with E-state index in [9.17, 15) is 14.4 Å². The smallest absolute Gasteiger partial charge is 0.329 e. The maximum atomic E-state index is 12.1. The van der Waals surface area contributed by atoms with Crippen LogP contribution in [0.5, 0.6) is 11.5 Å². The Hall–Kier alpha value is -3.92. The third kappa shape index (κ3) is 8.84. The van der Waals surface area contributed by atoms with Crippen LogP contribution in [0.25, 0.3) is 0 Å². The number of hydrogen-bond donors (Lipinski definition) is 3. The van der Waals surface area contributed by atoms with Crippen LogP contribution in [0.3, 0.4) is 0 Å². The van der Waals surface area contributed by atoms with E-state index in [1.54, 1.807) is 62.8 Å². The van der Waals surface area contributed by atoms with Crippen LogP contribution in [0.2, 0.25) is 0 Å². The van der Waals surface area contributed by atoms with Crippen LogP contribution in [0.15, 0.2) is 53.6 Å². The van der Waals surface area contributed by atoms with Crippen molar-refractivity contribution in [3.05, 3.63) is 54.1 Å². The molecule has 0 bridgehead atoms. The number of nitrogens with one attached hydrogen (secondary N) is 3. The highest BCUT2D eigenvalue weighted by molar-refractivity contribution is 6.35. The Balaban J connectivity index is 1.77. The molecule has 0 radical (unpaired) electrons. The molecule has 3 N–H and O–H groups in total. The minimum Gasteiger partial charge on any atom is -0.497 e. The van der Waals surface area contributed by atoms with E-state index in [-0.39, 0.29) is 12.5 Å². The summed E-state index contributed by atoms with van der Waals surface area (Å²) in [4.78, 5) is 35.4. The van der Waals surface area contributed by atoms with Gasteiger partial charge in [0.1, 0.15) is 11.5 Å². The standard InChI is InChI=1S/C22H26N4O6/c1-30-12-4-11-23-21(28)22(29)26-24-14-16-5-3-6-19(13-16)32-15-20(27)25-17-7-9-18(31-2)10-8-17/h3,5-10,13-14H,4,11-12,15H2,1-2H3,(H,23,28)(H,25,27)(H,26,29)/b24-14-. The molecule has 0 aliphatic rings. The maximum absolute atomic E-state index is 12.1. The number of methoxy groups -OCH3 is 2. The fourth-order valence-electron chi connectivity index (χ4n) is 2.42. The van der Waals surface area contributed by atoms with Crippen molar-refractivity contribution < 1.29 is 28.6 Å². The highest BCUT2D eigenvalue weighted by Gasteiger charge is 2.11. The van der Waals surface area contributed by atoms with Gasteiger partial charge in [0.05, 0.1) is 13.3 Å². The first-order valence-electron chi connectivity index (χ1n) is 9.78. The second-order valence-corrected chi connectivity index (χ2v) is 6.44. The molecule has 2 rings (SSSR count). The molecule has 0 spiro atoms. The van der Waals surface area contributed by atoms with Crippen molar-refractivity contribution in [3.8, 4) is 11.5 Å². The highest BCUT2D eigenvalue weighted by atomic mass is 16.5. The van der Waals surface area contributed by atoms with Gasteiger partial charge in [-0.3, -0.25) is 14.4 Å². The number of carbonyl (C=O) groups is 3. The SMILES string of the molecule is COCCCNC(=O)C(=O)N/N=C\c1cccc(OCC(=O)Nc2ccc(OC)cc2)c1. The first-order valence-corrected chi connectivity index (χ1v) is 9.78. The lowest BCUT2D eigenvalue weighted by Gasteiger charge is -2.08. The molecule has 0 fully saturated rings. The molecule has 0 saturated heterocycles. The van der Waals surface area contributed by atoms with Gasteiger partial charge in [-0.25, -0.2) is 5.43 Å². The molecule has 0 saturated carbocycles. The maximum Gasteiger partial charge on any atom is 0.329 e. The van der Waals surface area contributed by atoms with Crippen molar-refractivity contribution in [2.75, 3.05) is 39.3 Å². The topological polar surface area (TPSA) is 127 Å². The summed E-state index contributed by atoms with van der Waals surface area (Å²) in [5, 5.41) is 8.93. The first-order chi connectivity index (χ1) is 15.5. The molecular weight excluding hydrogens is 416 g/mol. The van der Waals surface area contributed by atoms with Crippen molar-refractivity contribution in [1.82, 2.24) is 10.7 Å². The van der Waals surface area contributed by atoms with Crippen molar-refractivity contribution in [2.24, 2.45) is 5.10 Å². The Kier molecular flexibility index (Phi) is 10.2. The molecule has 0 unspecified atom stereocenters. The molecule has 10 nitrogen and oxygen atoms in total. The van der Waals surface area contributed by atoms with E-state index < -0.39 is 11.8 Å². The van der Waals surface area contributed by atoms with Gasteiger partial charge in [0.25, 0.3) is 5.91 Å². The Morgan fingerprint density at radius 3 is 2.50 bits per heavy atom. The summed E-state index contributed by atoms with van der Waals surface area (Å²) in [6.07, 6.45) is 1.96. The molecule has 0 aliphatic heterocycles. The summed E-state index contributed by atoms with van der Waals surface area (Å²) in [5.74, 6) is -0.838. The van der Waals surface area contributed by atoms with E-state index in [4.69, 9.17) is 14.2 Å². The lowest BCUT2D eigenvalue weighted by molar-refractivity contribution is -0.139. The average molecular weight is 442 g/mol. The monoisotopic (exact) mass is 442 g/mol. The molecule has 0 aliphatic carbocycles. The van der Waals surface area contributed by atoms with E-state index in [0.29, 0.717) is 42.3 Å². The molecular formula is C22H26N4O6. The quantitative estimate of drug-likeness (QED) is 0.208. The highest BCUT2D eigenvalue weighted by Crippen LogP contribution is 2.15. The molecule has 10 heteroatoms. The van der Waals surface area contributed by atoms with Crippen LogP contribution in [0, 0.1) is 0 Å². The van der Waals surface area contributed by atoms with E-state index in [2.05, 4.69) is 21.2 Å². The van der Waals surface area contributed by atoms with Crippen LogP contribution < -0.4 is 25.5 Å². The van der Waals surface area contributed by atoms with Gasteiger partial charge >= 0.3 is 11.8 Å². The minimum atomic E-state index is -0.874. The number of hydrazone groups is 1. The van der Waals surface area contributed by atoms with E-state index >= 15 is 0 Å². The second kappa shape index (κ2) is 13.4. The van der Waals surface area contributed by atoms with Crippen LogP contribution in [-0.2, 0) is 19.1 Å². The summed E-state index contributed by atoms with van der Waals surface area (Å²) in [7, 11) is 3.12. The fraction of sp³-hybridized carbons (Fsp3) is 0.273. The average Bonchev–Trinajstić information content (AvgIpc) is 2.81. The zero-order valence-corrected chi connectivity index (χ0v) is 17.9. The summed E-state index contributed by atoms with van der Waals surface area (Å²) in [6, 6.07) is 13.7. The third-order valence-electron chi connectivity index (χ3n) is 4.00. The number of amides is 3. The zero-order chi connectivity index (χ0) is 23.2. The predicted octanol–water partition coefficient (Wildman–Crippen LogP) is 1.32. The number of anilines is 1. The molecule has 170 valence electrons. The number of benzene rings is 2. The van der Waals surface area contributed by atoms with Crippen molar-refractivity contribution in [2.45, 2.75) is 6.42 Å². The molecule has 2 aromatic rings. The number of carbonyl (C=O) groups excluding carboxylic acids is 3. The molecule has 0 atom stereocenters. The van der Waals surface area contributed by atoms with Gasteiger partial charge in [-0.2, -0.15) is 5.10 Å². The third-order valence-corrected chi connectivity index (χ3v) is 4.00. The van der Waals surface area contributed by atoms with Crippen molar-refractivity contribution in [1.29, 1.82) is 0 Å². The van der Waals surface area contributed by atoms with Crippen LogP contribution in [0.4, 0.5) is 5.69 Å². The number of nitrogens with zero attached hydrogens (tertiary/aromatic N) is 1. The second-order valence-electron chi connectivity index (χ2n) is 6.44. The summed E-state index contributed by atoms with van der Waals surface area (Å²) in [6.45, 7) is 0.628. The molecule has 0 heterocycles. The van der Waals surface area contributed by atoms with Crippen molar-refractivity contribution in [3.63, 3.8) is 0 Å². The van der Waals surface area contributed by atoms with Crippen molar-refractivity contribution >= 4 is 29.6 Å². The van der Waals surface area contributed by atoms with Gasteiger partial charge in [-0.05, 0) is 48.4 Å². The lowest BCUT2D eigenvalue weighted by Crippen LogP contribution is -2.38. The predicted molar refractivity (Wildman–Crippen MR) is 119 cm³/mol. The van der Waals surface area contributed by atoms with E-state index in [1.165, 1.54) is 6.21 Å². The van der Waals surface area contributed by atoms with Gasteiger partial charge < -0.3 is 24.8 Å². The molecule has 3 amide bonds. The van der Waals surface area contributed by atoms with Gasteiger partial charge in [0, 0.05) is 25.9 Å². The summed E-state index contributed by atoms with van der Waals surface area (Å²) >= 11 is 0. The number of ether oxygens (including phenoxy) is 3. The number of rotatable bonds is 11. The Morgan fingerprint density at radius 1 is 1.00 bits per heavy atom. The van der Waals surface area contributed by atoms with Gasteiger partial charge in [0.2, 0.25) is 0 Å². The Bertz CT molecular complexity index is 930. The van der Waals surface area contributed by atoms with Gasteiger partial charge in [-0.1, -0.05) is 12.1 Å². The van der Waals surface area contributed by atoms with E-state index in [1.807, 2.05) is 0 Å². The fourth-order valence-corrected chi connectivity index (χ4v) is 2.42. The minimum absolute atomic E-state index is 0.188. The molecule has 2 aromatic carbocycles. The Morgan fingerprint density at radius 2 is 1.78 bits per heavy atom. The molecule has 32 heavy (non-hydrogen) atoms. The van der Waals surface area contributed by atoms with Crippen LogP contribution in [0.1, 0.15) is 12.0 Å². The van der Waals surface area contributed by atoms with Gasteiger partial charge in [-0.15, -0.1) is 0 Å². The summed E-state index contributed by atoms with van der Waals surface area (Å²) < 4.78 is 15.4. The first kappa shape index (κ1) is 24.4. The normalized spacial score (nSPS) is 10.4. The lowest BCUT2D eigenvalue weighted by atomic mass is 10.2. The molecule has 0 aromatic heterocycles. The largest absolute Gasteiger partial charge is 0.497 e. The Labute approximate surface area is 185 Å². The van der Waals surface area contributed by atoms with Crippen LogP contribution in [-0.4, -0.2) is 57.9 Å².